The Morgan fingerprint density at radius 2 is 1.97 bits per heavy atom. The summed E-state index contributed by atoms with van der Waals surface area (Å²) in [5.41, 5.74) is 2.82. The molecule has 8 heteroatoms. The molecular formula is C27H26N4O4. The highest BCUT2D eigenvalue weighted by molar-refractivity contribution is 6.03. The van der Waals surface area contributed by atoms with E-state index >= 15 is 0 Å². The van der Waals surface area contributed by atoms with Gasteiger partial charge in [-0.05, 0) is 42.3 Å². The molecule has 0 radical (unpaired) electrons. The zero-order valence-electron chi connectivity index (χ0n) is 19.3. The Morgan fingerprint density at radius 1 is 1.17 bits per heavy atom. The zero-order valence-corrected chi connectivity index (χ0v) is 19.3. The van der Waals surface area contributed by atoms with Crippen LogP contribution in [0.3, 0.4) is 0 Å². The monoisotopic (exact) mass is 470 g/mol. The Hall–Kier alpha value is -3.91. The van der Waals surface area contributed by atoms with E-state index in [1.807, 2.05) is 36.5 Å². The minimum atomic E-state index is -0.781. The summed E-state index contributed by atoms with van der Waals surface area (Å²) in [6.07, 6.45) is 6.14. The van der Waals surface area contributed by atoms with Crippen molar-refractivity contribution in [3.05, 3.63) is 72.4 Å². The van der Waals surface area contributed by atoms with E-state index in [-0.39, 0.29) is 23.8 Å². The lowest BCUT2D eigenvalue weighted by atomic mass is 9.77. The summed E-state index contributed by atoms with van der Waals surface area (Å²) in [6, 6.07) is 15.2. The van der Waals surface area contributed by atoms with Crippen LogP contribution in [-0.4, -0.2) is 47.5 Å². The average Bonchev–Trinajstić information content (AvgIpc) is 3.59. The molecular weight excluding hydrogens is 444 g/mol. The second kappa shape index (κ2) is 8.09. The molecule has 35 heavy (non-hydrogen) atoms. The predicted molar refractivity (Wildman–Crippen MR) is 132 cm³/mol. The van der Waals surface area contributed by atoms with E-state index in [1.54, 1.807) is 29.2 Å². The second-order valence-corrected chi connectivity index (χ2v) is 9.45. The number of nitrogens with one attached hydrogen (secondary N) is 3. The van der Waals surface area contributed by atoms with Gasteiger partial charge in [0.1, 0.15) is 5.60 Å². The Morgan fingerprint density at radius 3 is 2.77 bits per heavy atom. The number of carbonyl (C=O) groups excluding carboxylic acids is 3. The maximum atomic E-state index is 13.5. The summed E-state index contributed by atoms with van der Waals surface area (Å²) >= 11 is 0. The number of hydrogen-bond acceptors (Lipinski definition) is 4. The highest BCUT2D eigenvalue weighted by atomic mass is 16.5. The topological polar surface area (TPSA) is 104 Å². The largest absolute Gasteiger partial charge is 0.361 e. The number of fused-ring (bicyclic) bond motifs is 2. The van der Waals surface area contributed by atoms with Gasteiger partial charge in [0, 0.05) is 41.9 Å². The number of carbonyl (C=O) groups is 3. The van der Waals surface area contributed by atoms with Gasteiger partial charge in [-0.3, -0.25) is 14.4 Å². The number of para-hydroxylation sites is 1. The third-order valence-electron chi connectivity index (χ3n) is 7.27. The molecule has 1 aromatic heterocycles. The number of benzene rings is 2. The molecule has 3 amide bonds. The number of ether oxygens (including phenoxy) is 1. The quantitative estimate of drug-likeness (QED) is 0.482. The van der Waals surface area contributed by atoms with Gasteiger partial charge in [0.2, 0.25) is 17.7 Å². The van der Waals surface area contributed by atoms with Crippen molar-refractivity contribution in [2.24, 2.45) is 11.8 Å². The number of aromatic nitrogens is 1. The molecule has 4 atom stereocenters. The third kappa shape index (κ3) is 3.52. The first-order valence-electron chi connectivity index (χ1n) is 11.8. The van der Waals surface area contributed by atoms with Crippen LogP contribution in [0, 0.1) is 11.8 Å². The van der Waals surface area contributed by atoms with Crippen molar-refractivity contribution in [1.29, 1.82) is 0 Å². The van der Waals surface area contributed by atoms with Gasteiger partial charge in [0.15, 0.2) is 0 Å². The number of aromatic amines is 1. The van der Waals surface area contributed by atoms with Crippen LogP contribution in [0.1, 0.15) is 12.5 Å². The molecule has 0 saturated carbocycles. The van der Waals surface area contributed by atoms with Crippen molar-refractivity contribution in [2.45, 2.75) is 25.0 Å². The van der Waals surface area contributed by atoms with Crippen LogP contribution in [-0.2, 0) is 25.5 Å². The average molecular weight is 471 g/mol. The summed E-state index contributed by atoms with van der Waals surface area (Å²) in [5, 5.41) is 6.92. The van der Waals surface area contributed by atoms with E-state index in [0.717, 1.165) is 16.5 Å². The van der Waals surface area contributed by atoms with Gasteiger partial charge in [0.25, 0.3) is 0 Å². The molecule has 1 spiro atoms. The number of hydrogen-bond donors (Lipinski definition) is 3. The molecule has 2 bridgehead atoms. The summed E-state index contributed by atoms with van der Waals surface area (Å²) in [4.78, 5) is 43.0. The van der Waals surface area contributed by atoms with Crippen molar-refractivity contribution in [3.63, 3.8) is 0 Å². The first kappa shape index (κ1) is 21.6. The molecule has 2 aromatic carbocycles. The van der Waals surface area contributed by atoms with Crippen LogP contribution in [0.4, 0.5) is 11.4 Å². The molecule has 8 nitrogen and oxygen atoms in total. The minimum absolute atomic E-state index is 0.110. The minimum Gasteiger partial charge on any atom is -0.361 e. The predicted octanol–water partition coefficient (Wildman–Crippen LogP) is 2.77. The number of anilines is 2. The molecule has 178 valence electrons. The molecule has 3 aliphatic rings. The van der Waals surface area contributed by atoms with Gasteiger partial charge in [-0.2, -0.15) is 0 Å². The summed E-state index contributed by atoms with van der Waals surface area (Å²) in [6.45, 7) is 2.29. The van der Waals surface area contributed by atoms with Crippen molar-refractivity contribution >= 4 is 40.0 Å². The lowest BCUT2D eigenvalue weighted by Crippen LogP contribution is -2.44. The van der Waals surface area contributed by atoms with Crippen LogP contribution in [0.5, 0.6) is 0 Å². The van der Waals surface area contributed by atoms with E-state index in [2.05, 4.69) is 21.7 Å². The highest BCUT2D eigenvalue weighted by Gasteiger charge is 2.67. The molecule has 2 fully saturated rings. The number of nitrogens with zero attached hydrogens (tertiary/aromatic N) is 1. The van der Waals surface area contributed by atoms with E-state index in [4.69, 9.17) is 4.74 Å². The van der Waals surface area contributed by atoms with Gasteiger partial charge < -0.3 is 25.3 Å². The first-order valence-corrected chi connectivity index (χ1v) is 11.8. The van der Waals surface area contributed by atoms with E-state index in [0.29, 0.717) is 30.9 Å². The highest BCUT2D eigenvalue weighted by Crippen LogP contribution is 2.52. The fraction of sp³-hybridized carbons (Fsp3) is 0.296. The van der Waals surface area contributed by atoms with Gasteiger partial charge in [0.05, 0.1) is 24.5 Å². The molecule has 0 aliphatic carbocycles. The lowest BCUT2D eigenvalue weighted by Gasteiger charge is -2.23. The normalized spacial score (nSPS) is 26.4. The van der Waals surface area contributed by atoms with E-state index in [9.17, 15) is 14.4 Å². The van der Waals surface area contributed by atoms with Gasteiger partial charge in [-0.15, -0.1) is 0 Å². The Labute approximate surface area is 202 Å². The van der Waals surface area contributed by atoms with Gasteiger partial charge >= 0.3 is 0 Å². The van der Waals surface area contributed by atoms with E-state index < -0.39 is 17.4 Å². The van der Waals surface area contributed by atoms with Crippen LogP contribution in [0.25, 0.3) is 10.9 Å². The molecule has 3 aromatic rings. The first-order chi connectivity index (χ1) is 16.9. The van der Waals surface area contributed by atoms with Crippen molar-refractivity contribution < 1.29 is 19.1 Å². The van der Waals surface area contributed by atoms with Crippen molar-refractivity contribution in [2.75, 3.05) is 23.3 Å². The Balaban J connectivity index is 1.16. The Bertz CT molecular complexity index is 1360. The zero-order chi connectivity index (χ0) is 24.2. The maximum absolute atomic E-state index is 13.5. The fourth-order valence-electron chi connectivity index (χ4n) is 5.72. The summed E-state index contributed by atoms with van der Waals surface area (Å²) in [7, 11) is 0. The van der Waals surface area contributed by atoms with Crippen LogP contribution in [0.2, 0.25) is 0 Å². The number of rotatable bonds is 6. The van der Waals surface area contributed by atoms with Crippen LogP contribution in [0.15, 0.2) is 66.9 Å². The maximum Gasteiger partial charge on any atom is 0.234 e. The number of amides is 3. The lowest BCUT2D eigenvalue weighted by molar-refractivity contribution is -0.131. The standard InChI is InChI=1S/C27H26N4O4/c1-16(32)30-18-6-8-19(9-7-18)31-15-27-12-10-22(35-27)23(24(27)26(31)34)25(33)28-13-11-17-14-29-21-5-3-2-4-20(17)21/h2-10,12,14,22-24,29H,11,13,15H2,1H3,(H,28,33)(H,30,32)/t22-,23+,24+,27-/m1/s1. The SMILES string of the molecule is CC(=O)Nc1ccc(N2C[C@@]34C=C[C@@H](O3)[C@H](C(=O)NCCc3c[nH]c5ccccc35)[C@H]4C2=O)cc1. The molecule has 2 saturated heterocycles. The fourth-order valence-corrected chi connectivity index (χ4v) is 5.72. The second-order valence-electron chi connectivity index (χ2n) is 9.45. The molecule has 3 N–H and O–H groups in total. The van der Waals surface area contributed by atoms with E-state index in [1.165, 1.54) is 6.92 Å². The van der Waals surface area contributed by atoms with Crippen molar-refractivity contribution in [1.82, 2.24) is 10.3 Å². The Kier molecular flexibility index (Phi) is 5.00. The smallest absolute Gasteiger partial charge is 0.234 e. The summed E-state index contributed by atoms with van der Waals surface area (Å²) < 4.78 is 6.23. The molecule has 6 rings (SSSR count). The van der Waals surface area contributed by atoms with Crippen LogP contribution < -0.4 is 15.5 Å². The van der Waals surface area contributed by atoms with Gasteiger partial charge in [-0.25, -0.2) is 0 Å². The number of H-pyrrole nitrogens is 1. The van der Waals surface area contributed by atoms with Gasteiger partial charge in [-0.1, -0.05) is 30.4 Å². The third-order valence-corrected chi connectivity index (χ3v) is 7.27. The summed E-state index contributed by atoms with van der Waals surface area (Å²) in [5.74, 6) is -1.53. The molecule has 0 unspecified atom stereocenters. The molecule has 4 heterocycles. The van der Waals surface area contributed by atoms with Crippen LogP contribution >= 0.6 is 0 Å². The van der Waals surface area contributed by atoms with Crippen molar-refractivity contribution in [3.8, 4) is 0 Å². The molecule has 3 aliphatic heterocycles.